The molecule has 2 amide bonds. The van der Waals surface area contributed by atoms with E-state index in [2.05, 4.69) is 20.6 Å². The minimum Gasteiger partial charge on any atom is -0.444 e. The van der Waals surface area contributed by atoms with Crippen molar-refractivity contribution >= 4 is 45.7 Å². The summed E-state index contributed by atoms with van der Waals surface area (Å²) in [5.74, 6) is -0.299. The molecular weight excluding hydrogens is 412 g/mol. The quantitative estimate of drug-likeness (QED) is 0.373. The van der Waals surface area contributed by atoms with Gasteiger partial charge in [-0.2, -0.15) is 0 Å². The third-order valence-corrected chi connectivity index (χ3v) is 5.31. The predicted molar refractivity (Wildman–Crippen MR) is 124 cm³/mol. The number of fused-ring (bicyclic) bond motifs is 1. The van der Waals surface area contributed by atoms with Crippen molar-refractivity contribution in [3.63, 3.8) is 0 Å². The summed E-state index contributed by atoms with van der Waals surface area (Å²) in [4.78, 5) is 33.5. The Hall–Kier alpha value is -3.65. The molecule has 158 valence electrons. The molecule has 4 rings (SSSR count). The van der Waals surface area contributed by atoms with Gasteiger partial charge in [0.05, 0.1) is 28.7 Å². The summed E-state index contributed by atoms with van der Waals surface area (Å²) in [5.41, 5.74) is 3.25. The highest BCUT2D eigenvalue weighted by atomic mass is 32.1. The van der Waals surface area contributed by atoms with E-state index >= 15 is 0 Å². The van der Waals surface area contributed by atoms with Gasteiger partial charge in [-0.3, -0.25) is 10.1 Å². The fourth-order valence-corrected chi connectivity index (χ4v) is 3.76. The zero-order valence-electron chi connectivity index (χ0n) is 17.4. The van der Waals surface area contributed by atoms with Crippen LogP contribution in [0, 0.1) is 0 Å². The molecule has 2 aromatic heterocycles. The summed E-state index contributed by atoms with van der Waals surface area (Å²) in [6, 6.07) is 14.7. The van der Waals surface area contributed by atoms with E-state index in [1.54, 1.807) is 62.7 Å². The molecule has 7 nitrogen and oxygen atoms in total. The number of thiophene rings is 1. The van der Waals surface area contributed by atoms with E-state index in [0.717, 1.165) is 21.5 Å². The van der Waals surface area contributed by atoms with Crippen molar-refractivity contribution in [3.8, 4) is 10.4 Å². The highest BCUT2D eigenvalue weighted by molar-refractivity contribution is 7.13. The number of amides is 2. The van der Waals surface area contributed by atoms with E-state index in [-0.39, 0.29) is 5.91 Å². The summed E-state index contributed by atoms with van der Waals surface area (Å²) >= 11 is 1.59. The first-order chi connectivity index (χ1) is 14.8. The summed E-state index contributed by atoms with van der Waals surface area (Å²) < 4.78 is 5.36. The maximum absolute atomic E-state index is 13.0. The fourth-order valence-electron chi connectivity index (χ4n) is 3.04. The van der Waals surface area contributed by atoms with Gasteiger partial charge in [-0.1, -0.05) is 12.1 Å². The summed E-state index contributed by atoms with van der Waals surface area (Å²) in [5, 5.41) is 7.63. The molecular formula is C23H22N4O3S. The number of imidazole rings is 1. The molecule has 0 spiro atoms. The summed E-state index contributed by atoms with van der Waals surface area (Å²) in [6.07, 6.45) is 0.991. The van der Waals surface area contributed by atoms with Gasteiger partial charge in [0.15, 0.2) is 0 Å². The van der Waals surface area contributed by atoms with Crippen molar-refractivity contribution in [1.29, 1.82) is 0 Å². The van der Waals surface area contributed by atoms with Crippen LogP contribution in [-0.4, -0.2) is 27.6 Å². The van der Waals surface area contributed by atoms with Crippen molar-refractivity contribution < 1.29 is 14.3 Å². The van der Waals surface area contributed by atoms with Crippen molar-refractivity contribution in [1.82, 2.24) is 9.97 Å². The largest absolute Gasteiger partial charge is 0.444 e. The molecule has 31 heavy (non-hydrogen) atoms. The highest BCUT2D eigenvalue weighted by Crippen LogP contribution is 2.32. The monoisotopic (exact) mass is 434 g/mol. The van der Waals surface area contributed by atoms with Gasteiger partial charge in [-0.15, -0.1) is 11.3 Å². The minimum atomic E-state index is -0.635. The third-order valence-electron chi connectivity index (χ3n) is 4.39. The molecule has 0 radical (unpaired) electrons. The van der Waals surface area contributed by atoms with E-state index in [1.165, 1.54) is 0 Å². The Balaban J connectivity index is 1.64. The Kier molecular flexibility index (Phi) is 5.48. The Labute approximate surface area is 183 Å². The normalized spacial score (nSPS) is 11.3. The maximum Gasteiger partial charge on any atom is 0.412 e. The number of anilines is 2. The molecule has 0 atom stereocenters. The van der Waals surface area contributed by atoms with Crippen LogP contribution in [0.3, 0.4) is 0 Å². The Morgan fingerprint density at radius 2 is 1.87 bits per heavy atom. The Morgan fingerprint density at radius 3 is 2.61 bits per heavy atom. The third kappa shape index (κ3) is 4.92. The fraction of sp³-hybridized carbons (Fsp3) is 0.174. The molecule has 2 heterocycles. The second-order valence-corrected chi connectivity index (χ2v) is 8.90. The second-order valence-electron chi connectivity index (χ2n) is 7.95. The van der Waals surface area contributed by atoms with E-state index < -0.39 is 11.7 Å². The number of nitrogens with zero attached hydrogens (tertiary/aromatic N) is 1. The zero-order valence-corrected chi connectivity index (χ0v) is 18.2. The number of carbonyl (C=O) groups is 2. The molecule has 0 unspecified atom stereocenters. The molecule has 2 aromatic carbocycles. The zero-order chi connectivity index (χ0) is 22.0. The van der Waals surface area contributed by atoms with Crippen LogP contribution in [0.25, 0.3) is 21.5 Å². The van der Waals surface area contributed by atoms with Crippen LogP contribution in [0.2, 0.25) is 0 Å². The van der Waals surface area contributed by atoms with Crippen LogP contribution in [0.4, 0.5) is 16.2 Å². The SMILES string of the molecule is CC(C)(C)OC(=O)Nc1ccc(-c2cccs2)cc1NC(=O)c1ccc2nc[nH]c2c1. The van der Waals surface area contributed by atoms with Crippen LogP contribution in [0.5, 0.6) is 0 Å². The van der Waals surface area contributed by atoms with E-state index in [0.29, 0.717) is 16.9 Å². The average molecular weight is 435 g/mol. The first-order valence-corrected chi connectivity index (χ1v) is 10.6. The molecule has 0 aliphatic carbocycles. The number of aromatic amines is 1. The lowest BCUT2D eigenvalue weighted by Crippen LogP contribution is -2.27. The molecule has 0 saturated carbocycles. The number of carbonyl (C=O) groups excluding carboxylic acids is 2. The molecule has 8 heteroatoms. The lowest BCUT2D eigenvalue weighted by Gasteiger charge is -2.21. The molecule has 0 aliphatic rings. The van der Waals surface area contributed by atoms with Gasteiger partial charge < -0.3 is 15.0 Å². The maximum atomic E-state index is 13.0. The van der Waals surface area contributed by atoms with Crippen molar-refractivity contribution in [3.05, 3.63) is 65.8 Å². The van der Waals surface area contributed by atoms with Gasteiger partial charge in [0, 0.05) is 10.4 Å². The van der Waals surface area contributed by atoms with Gasteiger partial charge in [0.2, 0.25) is 0 Å². The van der Waals surface area contributed by atoms with Gasteiger partial charge in [0.25, 0.3) is 5.91 Å². The lowest BCUT2D eigenvalue weighted by atomic mass is 10.1. The second kappa shape index (κ2) is 8.23. The van der Waals surface area contributed by atoms with E-state index in [9.17, 15) is 9.59 Å². The van der Waals surface area contributed by atoms with Crippen LogP contribution in [0.1, 0.15) is 31.1 Å². The van der Waals surface area contributed by atoms with Gasteiger partial charge >= 0.3 is 6.09 Å². The minimum absolute atomic E-state index is 0.299. The first kappa shape index (κ1) is 20.6. The van der Waals surface area contributed by atoms with Gasteiger partial charge in [-0.05, 0) is 68.1 Å². The van der Waals surface area contributed by atoms with Crippen molar-refractivity contribution in [2.75, 3.05) is 10.6 Å². The summed E-state index contributed by atoms with van der Waals surface area (Å²) in [7, 11) is 0. The number of aromatic nitrogens is 2. The van der Waals surface area contributed by atoms with E-state index in [4.69, 9.17) is 4.74 Å². The first-order valence-electron chi connectivity index (χ1n) is 9.71. The number of ether oxygens (including phenoxy) is 1. The number of benzene rings is 2. The van der Waals surface area contributed by atoms with Gasteiger partial charge in [-0.25, -0.2) is 9.78 Å². The topological polar surface area (TPSA) is 96.1 Å². The average Bonchev–Trinajstić information content (AvgIpc) is 3.39. The highest BCUT2D eigenvalue weighted by Gasteiger charge is 2.19. The van der Waals surface area contributed by atoms with Gasteiger partial charge in [0.1, 0.15) is 5.60 Å². The number of rotatable bonds is 4. The summed E-state index contributed by atoms with van der Waals surface area (Å²) in [6.45, 7) is 5.38. The standard InChI is InChI=1S/C23H22N4O3S/c1-23(2,3)30-22(29)27-17-9-6-14(20-5-4-10-31-20)11-19(17)26-21(28)15-7-8-16-18(12-15)25-13-24-16/h4-13H,1-3H3,(H,24,25)(H,26,28)(H,27,29). The number of hydrogen-bond acceptors (Lipinski definition) is 5. The molecule has 4 aromatic rings. The molecule has 0 fully saturated rings. The molecule has 0 aliphatic heterocycles. The van der Waals surface area contributed by atoms with E-state index in [1.807, 2.05) is 29.6 Å². The molecule has 0 saturated heterocycles. The number of nitrogens with one attached hydrogen (secondary N) is 3. The van der Waals surface area contributed by atoms with Crippen LogP contribution < -0.4 is 10.6 Å². The van der Waals surface area contributed by atoms with Crippen LogP contribution in [-0.2, 0) is 4.74 Å². The molecule has 0 bridgehead atoms. The molecule has 3 N–H and O–H groups in total. The van der Waals surface area contributed by atoms with Crippen LogP contribution >= 0.6 is 11.3 Å². The van der Waals surface area contributed by atoms with Crippen molar-refractivity contribution in [2.45, 2.75) is 26.4 Å². The Bertz CT molecular complexity index is 1240. The smallest absolute Gasteiger partial charge is 0.412 e. The Morgan fingerprint density at radius 1 is 1.03 bits per heavy atom. The predicted octanol–water partition coefficient (Wildman–Crippen LogP) is 5.89. The van der Waals surface area contributed by atoms with Crippen LogP contribution in [0.15, 0.2) is 60.2 Å². The number of hydrogen-bond donors (Lipinski definition) is 3. The van der Waals surface area contributed by atoms with Crippen molar-refractivity contribution in [2.24, 2.45) is 0 Å². The number of H-pyrrole nitrogens is 1. The lowest BCUT2D eigenvalue weighted by molar-refractivity contribution is 0.0635.